The van der Waals surface area contributed by atoms with Gasteiger partial charge >= 0.3 is 0 Å². The van der Waals surface area contributed by atoms with E-state index in [9.17, 15) is 13.2 Å². The third kappa shape index (κ3) is 5.11. The Morgan fingerprint density at radius 2 is 1.76 bits per heavy atom. The Hall–Kier alpha value is -2.33. The largest absolute Gasteiger partial charge is 0.308 e. The molecule has 2 heterocycles. The molecule has 0 unspecified atom stereocenters. The zero-order valence-electron chi connectivity index (χ0n) is 19.3. The number of sulfonamides is 1. The van der Waals surface area contributed by atoms with Crippen molar-refractivity contribution in [3.63, 3.8) is 0 Å². The number of amides is 1. The Morgan fingerprint density at radius 3 is 2.39 bits per heavy atom. The van der Waals surface area contributed by atoms with E-state index < -0.39 is 10.0 Å². The van der Waals surface area contributed by atoms with Crippen LogP contribution >= 0.6 is 11.3 Å². The van der Waals surface area contributed by atoms with Crippen LogP contribution in [-0.2, 0) is 16.4 Å². The first kappa shape index (κ1) is 23.8. The maximum Gasteiger partial charge on any atom is 0.260 e. The van der Waals surface area contributed by atoms with Crippen LogP contribution in [-0.4, -0.2) is 68.8 Å². The number of benzene rings is 2. The molecule has 1 aliphatic heterocycles. The Morgan fingerprint density at radius 1 is 1.06 bits per heavy atom. The number of anilines is 1. The number of fused-ring (bicyclic) bond motifs is 1. The molecular weight excluding hydrogens is 456 g/mol. The number of likely N-dealkylation sites (N-methyl/N-ethyl adjacent to an activating group) is 1. The lowest BCUT2D eigenvalue weighted by Crippen LogP contribution is -2.36. The van der Waals surface area contributed by atoms with Gasteiger partial charge in [0.1, 0.15) is 0 Å². The predicted molar refractivity (Wildman–Crippen MR) is 134 cm³/mol. The molecule has 1 fully saturated rings. The van der Waals surface area contributed by atoms with Crippen LogP contribution in [0.1, 0.15) is 35.7 Å². The van der Waals surface area contributed by atoms with E-state index in [1.807, 2.05) is 25.1 Å². The molecule has 1 saturated heterocycles. The topological polar surface area (TPSA) is 73.8 Å². The smallest absolute Gasteiger partial charge is 0.260 e. The number of aryl methyl sites for hydroxylation is 1. The highest BCUT2D eigenvalue weighted by Crippen LogP contribution is 2.31. The minimum absolute atomic E-state index is 0.184. The molecule has 4 rings (SSSR count). The number of carbonyl (C=O) groups excluding carboxylic acids is 1. The number of carbonyl (C=O) groups is 1. The monoisotopic (exact) mass is 486 g/mol. The van der Waals surface area contributed by atoms with E-state index in [0.29, 0.717) is 36.9 Å². The average molecular weight is 487 g/mol. The van der Waals surface area contributed by atoms with Gasteiger partial charge in [0.15, 0.2) is 5.13 Å². The molecular formula is C24H30N4O3S2. The zero-order valence-corrected chi connectivity index (χ0v) is 21.0. The summed E-state index contributed by atoms with van der Waals surface area (Å²) in [5.74, 6) is -0.184. The van der Waals surface area contributed by atoms with Crippen LogP contribution in [0.25, 0.3) is 10.2 Å². The Bertz CT molecular complexity index is 1230. The minimum atomic E-state index is -3.51. The van der Waals surface area contributed by atoms with Crippen molar-refractivity contribution in [1.29, 1.82) is 0 Å². The van der Waals surface area contributed by atoms with Gasteiger partial charge in [-0.1, -0.05) is 24.3 Å². The summed E-state index contributed by atoms with van der Waals surface area (Å²) in [5.41, 5.74) is 2.56. The van der Waals surface area contributed by atoms with Crippen molar-refractivity contribution in [2.45, 2.75) is 31.1 Å². The van der Waals surface area contributed by atoms with Gasteiger partial charge in [-0.2, -0.15) is 4.31 Å². The third-order valence-corrected chi connectivity index (χ3v) is 8.85. The van der Waals surface area contributed by atoms with E-state index in [1.165, 1.54) is 33.3 Å². The number of thiazole rings is 1. The Balaban J connectivity index is 1.63. The van der Waals surface area contributed by atoms with Crippen LogP contribution in [0.2, 0.25) is 0 Å². The van der Waals surface area contributed by atoms with Crippen LogP contribution in [0.4, 0.5) is 5.13 Å². The van der Waals surface area contributed by atoms with Crippen LogP contribution in [0.3, 0.4) is 0 Å². The normalized spacial score (nSPS) is 14.9. The molecule has 3 aromatic rings. The van der Waals surface area contributed by atoms with Gasteiger partial charge in [-0.15, -0.1) is 0 Å². The summed E-state index contributed by atoms with van der Waals surface area (Å²) in [5, 5.41) is 0.652. The van der Waals surface area contributed by atoms with Gasteiger partial charge in [0.2, 0.25) is 10.0 Å². The molecule has 9 heteroatoms. The van der Waals surface area contributed by atoms with Crippen molar-refractivity contribution >= 4 is 42.6 Å². The first-order valence-corrected chi connectivity index (χ1v) is 13.5. The number of nitrogens with zero attached hydrogens (tertiary/aromatic N) is 4. The van der Waals surface area contributed by atoms with Crippen LogP contribution in [0.5, 0.6) is 0 Å². The molecule has 1 amide bonds. The fraction of sp³-hybridized carbons (Fsp3) is 0.417. The van der Waals surface area contributed by atoms with Gasteiger partial charge < -0.3 is 4.90 Å². The van der Waals surface area contributed by atoms with Crippen molar-refractivity contribution in [3.8, 4) is 0 Å². The lowest BCUT2D eigenvalue weighted by molar-refractivity contribution is 0.0985. The second kappa shape index (κ2) is 9.89. The van der Waals surface area contributed by atoms with E-state index in [4.69, 9.17) is 4.98 Å². The third-order valence-electron chi connectivity index (χ3n) is 5.90. The van der Waals surface area contributed by atoms with E-state index in [-0.39, 0.29) is 10.8 Å². The molecule has 0 spiro atoms. The average Bonchev–Trinajstić information content (AvgIpc) is 3.49. The number of rotatable bonds is 8. The summed E-state index contributed by atoms with van der Waals surface area (Å²) in [6, 6.07) is 12.5. The first-order valence-electron chi connectivity index (χ1n) is 11.3. The standard InChI is InChI=1S/C24H30N4O3S2/c1-4-18-7-12-21-22(17-18)32-24(25-21)28(16-15-26(2)3)23(29)19-8-10-20(11-9-19)33(30,31)27-13-5-6-14-27/h7-12,17H,4-6,13-16H2,1-3H3. The molecule has 0 saturated carbocycles. The van der Waals surface area contributed by atoms with Gasteiger partial charge in [-0.25, -0.2) is 13.4 Å². The molecule has 0 radical (unpaired) electrons. The summed E-state index contributed by atoms with van der Waals surface area (Å²) in [6.45, 7) is 4.39. The number of aromatic nitrogens is 1. The lowest BCUT2D eigenvalue weighted by atomic mass is 10.2. The Kier molecular flexibility index (Phi) is 7.13. The second-order valence-electron chi connectivity index (χ2n) is 8.55. The zero-order chi connectivity index (χ0) is 23.6. The molecule has 176 valence electrons. The highest BCUT2D eigenvalue weighted by molar-refractivity contribution is 7.89. The quantitative estimate of drug-likeness (QED) is 0.484. The van der Waals surface area contributed by atoms with E-state index in [2.05, 4.69) is 19.1 Å². The van der Waals surface area contributed by atoms with Crippen molar-refractivity contribution < 1.29 is 13.2 Å². The lowest BCUT2D eigenvalue weighted by Gasteiger charge is -2.22. The van der Waals surface area contributed by atoms with Gasteiger partial charge in [0.05, 0.1) is 15.1 Å². The molecule has 33 heavy (non-hydrogen) atoms. The van der Waals surface area contributed by atoms with Gasteiger partial charge in [-0.3, -0.25) is 9.69 Å². The van der Waals surface area contributed by atoms with Crippen molar-refractivity contribution in [1.82, 2.24) is 14.2 Å². The number of hydrogen-bond acceptors (Lipinski definition) is 6. The molecule has 0 N–H and O–H groups in total. The molecule has 7 nitrogen and oxygen atoms in total. The van der Waals surface area contributed by atoms with E-state index >= 15 is 0 Å². The molecule has 0 atom stereocenters. The highest BCUT2D eigenvalue weighted by Gasteiger charge is 2.28. The van der Waals surface area contributed by atoms with Crippen molar-refractivity contribution in [2.75, 3.05) is 45.2 Å². The van der Waals surface area contributed by atoms with Gasteiger partial charge in [-0.05, 0) is 75.3 Å². The van der Waals surface area contributed by atoms with E-state index in [0.717, 1.165) is 29.5 Å². The van der Waals surface area contributed by atoms with Crippen molar-refractivity contribution in [2.24, 2.45) is 0 Å². The maximum atomic E-state index is 13.5. The Labute approximate surface area is 199 Å². The SMILES string of the molecule is CCc1ccc2nc(N(CCN(C)C)C(=O)c3ccc(S(=O)(=O)N4CCCC4)cc3)sc2c1. The predicted octanol–water partition coefficient (Wildman–Crippen LogP) is 3.85. The van der Waals surface area contributed by atoms with Crippen LogP contribution in [0.15, 0.2) is 47.4 Å². The van der Waals surface area contributed by atoms with Gasteiger partial charge in [0.25, 0.3) is 5.91 Å². The minimum Gasteiger partial charge on any atom is -0.308 e. The summed E-state index contributed by atoms with van der Waals surface area (Å²) in [6.07, 6.45) is 2.72. The summed E-state index contributed by atoms with van der Waals surface area (Å²) in [4.78, 5) is 22.2. The summed E-state index contributed by atoms with van der Waals surface area (Å²) in [7, 11) is 0.422. The molecule has 0 aliphatic carbocycles. The fourth-order valence-electron chi connectivity index (χ4n) is 3.88. The van der Waals surface area contributed by atoms with E-state index in [1.54, 1.807) is 17.0 Å². The van der Waals surface area contributed by atoms with Gasteiger partial charge in [0, 0.05) is 31.7 Å². The fourth-order valence-corrected chi connectivity index (χ4v) is 6.45. The highest BCUT2D eigenvalue weighted by atomic mass is 32.2. The van der Waals surface area contributed by atoms with Crippen LogP contribution in [0, 0.1) is 0 Å². The van der Waals surface area contributed by atoms with Crippen molar-refractivity contribution in [3.05, 3.63) is 53.6 Å². The maximum absolute atomic E-state index is 13.5. The summed E-state index contributed by atoms with van der Waals surface area (Å²) < 4.78 is 28.2. The molecule has 1 aliphatic rings. The number of hydrogen-bond donors (Lipinski definition) is 0. The first-order chi connectivity index (χ1) is 15.8. The molecule has 2 aromatic carbocycles. The second-order valence-corrected chi connectivity index (χ2v) is 11.5. The summed E-state index contributed by atoms with van der Waals surface area (Å²) >= 11 is 1.51. The van der Waals surface area contributed by atoms with Crippen LogP contribution < -0.4 is 4.90 Å². The molecule has 0 bridgehead atoms. The molecule has 1 aromatic heterocycles.